The summed E-state index contributed by atoms with van der Waals surface area (Å²) in [7, 11) is 0. The number of rotatable bonds is 15. The number of benzene rings is 11. The first-order valence-corrected chi connectivity index (χ1v) is 26.5. The first-order chi connectivity index (χ1) is 38.1. The molecule has 0 spiro atoms. The van der Waals surface area contributed by atoms with Gasteiger partial charge in [-0.3, -0.25) is 0 Å². The van der Waals surface area contributed by atoms with Gasteiger partial charge in [-0.05, 0) is 185 Å². The highest BCUT2D eigenvalue weighted by Gasteiger charge is 2.20. The zero-order valence-electron chi connectivity index (χ0n) is 43.1. The van der Waals surface area contributed by atoms with Gasteiger partial charge in [0.25, 0.3) is 0 Å². The molecule has 1 aliphatic carbocycles. The summed E-state index contributed by atoms with van der Waals surface area (Å²) in [5, 5.41) is 0. The quantitative estimate of drug-likeness (QED) is 0.101. The van der Waals surface area contributed by atoms with E-state index in [0.29, 0.717) is 5.92 Å². The van der Waals surface area contributed by atoms with Crippen molar-refractivity contribution in [1.82, 2.24) is 0 Å². The smallest absolute Gasteiger partial charge is 0.0462 e. The van der Waals surface area contributed by atoms with Gasteiger partial charge >= 0.3 is 0 Å². The van der Waals surface area contributed by atoms with Gasteiger partial charge in [0.15, 0.2) is 0 Å². The molecule has 11 aromatic rings. The fraction of sp³-hybridized carbons (Fsp3) is 0.0411. The number of nitrogens with zero attached hydrogens (tertiary/aromatic N) is 4. The molecular formula is C73H58N4. The van der Waals surface area contributed by atoms with Crippen molar-refractivity contribution in [2.45, 2.75) is 13.3 Å². The second kappa shape index (κ2) is 22.3. The van der Waals surface area contributed by atoms with Crippen LogP contribution in [0.15, 0.2) is 321 Å². The first-order valence-electron chi connectivity index (χ1n) is 26.5. The van der Waals surface area contributed by atoms with Crippen LogP contribution in [0.3, 0.4) is 0 Å². The molecule has 0 saturated heterocycles. The number of allylic oxidation sites excluding steroid dienone is 4. The topological polar surface area (TPSA) is 13.0 Å². The van der Waals surface area contributed by atoms with E-state index >= 15 is 0 Å². The Kier molecular flexibility index (Phi) is 13.9. The predicted octanol–water partition coefficient (Wildman–Crippen LogP) is 20.7. The Bertz CT molecular complexity index is 3630. The average Bonchev–Trinajstić information content (AvgIpc) is 3.51. The molecule has 370 valence electrons. The Morgan fingerprint density at radius 3 is 0.636 bits per heavy atom. The van der Waals surface area contributed by atoms with E-state index in [1.807, 2.05) is 0 Å². The predicted molar refractivity (Wildman–Crippen MR) is 326 cm³/mol. The van der Waals surface area contributed by atoms with Gasteiger partial charge in [0.1, 0.15) is 0 Å². The Morgan fingerprint density at radius 1 is 0.234 bits per heavy atom. The van der Waals surface area contributed by atoms with Gasteiger partial charge in [-0.15, -0.1) is 0 Å². The molecule has 1 atom stereocenters. The minimum Gasteiger partial charge on any atom is -0.314 e. The van der Waals surface area contributed by atoms with Crippen LogP contribution in [-0.2, 0) is 0 Å². The minimum absolute atomic E-state index is 0.447. The largest absolute Gasteiger partial charge is 0.314 e. The standard InChI is InChI=1S/C73H58N4/c1-55-18-17-29-73(54-55)77(71-50-38-60(39-51-71)57-32-44-68(45-33-57)75(64-23-11-4-12-24-64)65-25-13-5-14-26-65)72-52-40-61(41-53-72)59-36-48-70(49-37-59)76(66-27-15-6-16-28-66)69-46-34-58(35-47-69)56-30-42-67(43-31-56)74(62-19-7-2-8-20-62)63-21-9-3-10-22-63/h2-53,55H,54H2,1H3. The zero-order valence-corrected chi connectivity index (χ0v) is 43.1. The lowest BCUT2D eigenvalue weighted by Crippen LogP contribution is -2.19. The van der Waals surface area contributed by atoms with Crippen molar-refractivity contribution in [3.8, 4) is 33.4 Å². The van der Waals surface area contributed by atoms with E-state index in [0.717, 1.165) is 80.1 Å². The van der Waals surface area contributed by atoms with Crippen molar-refractivity contribution in [3.63, 3.8) is 0 Å². The summed E-state index contributed by atoms with van der Waals surface area (Å²) >= 11 is 0. The number of para-hydroxylation sites is 5. The molecule has 77 heavy (non-hydrogen) atoms. The Balaban J connectivity index is 0.777. The van der Waals surface area contributed by atoms with Crippen LogP contribution >= 0.6 is 0 Å². The van der Waals surface area contributed by atoms with Gasteiger partial charge in [0, 0.05) is 68.3 Å². The molecule has 0 fully saturated rings. The molecule has 0 bridgehead atoms. The molecule has 0 amide bonds. The third-order valence-electron chi connectivity index (χ3n) is 14.4. The van der Waals surface area contributed by atoms with Gasteiger partial charge in [-0.1, -0.05) is 183 Å². The van der Waals surface area contributed by atoms with Crippen LogP contribution < -0.4 is 19.6 Å². The molecule has 0 saturated carbocycles. The summed E-state index contributed by atoms with van der Waals surface area (Å²) in [5.74, 6) is 0.447. The number of anilines is 11. The average molecular weight is 991 g/mol. The van der Waals surface area contributed by atoms with Crippen LogP contribution in [0.25, 0.3) is 33.4 Å². The fourth-order valence-corrected chi connectivity index (χ4v) is 10.5. The van der Waals surface area contributed by atoms with E-state index in [1.54, 1.807) is 0 Å². The van der Waals surface area contributed by atoms with Crippen LogP contribution in [0.1, 0.15) is 13.3 Å². The van der Waals surface area contributed by atoms with E-state index in [1.165, 1.54) is 28.0 Å². The molecule has 0 aliphatic heterocycles. The van der Waals surface area contributed by atoms with Crippen molar-refractivity contribution in [1.29, 1.82) is 0 Å². The Hall–Kier alpha value is -9.90. The highest BCUT2D eigenvalue weighted by atomic mass is 15.2. The molecule has 4 heteroatoms. The highest BCUT2D eigenvalue weighted by molar-refractivity contribution is 5.83. The van der Waals surface area contributed by atoms with Gasteiger partial charge in [0.05, 0.1) is 0 Å². The van der Waals surface area contributed by atoms with Crippen LogP contribution in [0.2, 0.25) is 0 Å². The maximum atomic E-state index is 2.42. The lowest BCUT2D eigenvalue weighted by molar-refractivity contribution is 0.696. The number of hydrogen-bond acceptors (Lipinski definition) is 4. The van der Waals surface area contributed by atoms with Crippen LogP contribution in [0.5, 0.6) is 0 Å². The Morgan fingerprint density at radius 2 is 0.429 bits per heavy atom. The van der Waals surface area contributed by atoms with Gasteiger partial charge in [0.2, 0.25) is 0 Å². The monoisotopic (exact) mass is 990 g/mol. The van der Waals surface area contributed by atoms with E-state index in [2.05, 4.69) is 342 Å². The molecular weight excluding hydrogens is 933 g/mol. The summed E-state index contributed by atoms with van der Waals surface area (Å²) in [6, 6.07) is 106. The summed E-state index contributed by atoms with van der Waals surface area (Å²) in [5.41, 5.74) is 20.6. The Labute approximate surface area is 453 Å². The van der Waals surface area contributed by atoms with Crippen molar-refractivity contribution >= 4 is 62.6 Å². The molecule has 4 nitrogen and oxygen atoms in total. The molecule has 0 N–H and O–H groups in total. The summed E-state index contributed by atoms with van der Waals surface area (Å²) in [6.07, 6.45) is 7.72. The maximum absolute atomic E-state index is 2.42. The molecule has 11 aromatic carbocycles. The van der Waals surface area contributed by atoms with Crippen molar-refractivity contribution in [2.75, 3.05) is 19.6 Å². The van der Waals surface area contributed by atoms with E-state index in [4.69, 9.17) is 0 Å². The van der Waals surface area contributed by atoms with Crippen molar-refractivity contribution < 1.29 is 0 Å². The normalized spacial score (nSPS) is 12.8. The third kappa shape index (κ3) is 10.6. The maximum Gasteiger partial charge on any atom is 0.0462 e. The van der Waals surface area contributed by atoms with Crippen molar-refractivity contribution in [2.24, 2.45) is 5.92 Å². The fourth-order valence-electron chi connectivity index (χ4n) is 10.5. The SMILES string of the molecule is CC1C=CC=C(N(c2ccc(-c3ccc(N(c4ccccc4)c4ccccc4)cc3)cc2)c2ccc(-c3ccc(N(c4ccccc4)c4ccc(-c5ccc(N(c6ccccc6)c6ccccc6)cc5)cc4)cc3)cc2)C1. The van der Waals surface area contributed by atoms with Crippen LogP contribution in [0.4, 0.5) is 62.6 Å². The van der Waals surface area contributed by atoms with E-state index < -0.39 is 0 Å². The first kappa shape index (κ1) is 48.1. The molecule has 0 heterocycles. The van der Waals surface area contributed by atoms with E-state index in [9.17, 15) is 0 Å². The van der Waals surface area contributed by atoms with Gasteiger partial charge in [-0.2, -0.15) is 0 Å². The van der Waals surface area contributed by atoms with Gasteiger partial charge < -0.3 is 19.6 Å². The molecule has 0 radical (unpaired) electrons. The summed E-state index contributed by atoms with van der Waals surface area (Å²) < 4.78 is 0. The lowest BCUT2D eigenvalue weighted by atomic mass is 9.97. The zero-order chi connectivity index (χ0) is 51.8. The summed E-state index contributed by atoms with van der Waals surface area (Å²) in [6.45, 7) is 2.29. The third-order valence-corrected chi connectivity index (χ3v) is 14.4. The molecule has 0 aromatic heterocycles. The minimum atomic E-state index is 0.447. The second-order valence-electron chi connectivity index (χ2n) is 19.5. The highest BCUT2D eigenvalue weighted by Crippen LogP contribution is 2.41. The molecule has 1 aliphatic rings. The molecule has 1 unspecified atom stereocenters. The van der Waals surface area contributed by atoms with Gasteiger partial charge in [-0.25, -0.2) is 0 Å². The van der Waals surface area contributed by atoms with Crippen LogP contribution in [-0.4, -0.2) is 0 Å². The van der Waals surface area contributed by atoms with Crippen molar-refractivity contribution in [3.05, 3.63) is 321 Å². The molecule has 12 rings (SSSR count). The van der Waals surface area contributed by atoms with Crippen LogP contribution in [0, 0.1) is 5.92 Å². The van der Waals surface area contributed by atoms with E-state index in [-0.39, 0.29) is 0 Å². The second-order valence-corrected chi connectivity index (χ2v) is 19.5. The summed E-state index contributed by atoms with van der Waals surface area (Å²) in [4.78, 5) is 9.34. The lowest BCUT2D eigenvalue weighted by Gasteiger charge is -2.30. The number of hydrogen-bond donors (Lipinski definition) is 0.